The highest BCUT2D eigenvalue weighted by Gasteiger charge is 2.69. The summed E-state index contributed by atoms with van der Waals surface area (Å²) in [5.74, 6) is -0.696. The number of methoxy groups -OCH3 is 1. The van der Waals surface area contributed by atoms with Gasteiger partial charge in [0.25, 0.3) is 11.8 Å². The van der Waals surface area contributed by atoms with E-state index in [1.54, 1.807) is 11.0 Å². The third-order valence-corrected chi connectivity index (χ3v) is 7.53. The second-order valence-electron chi connectivity index (χ2n) is 10.3. The number of anilines is 1. The molecule has 11 heteroatoms. The monoisotopic (exact) mass is 545 g/mol. The minimum atomic E-state index is -0.857. The van der Waals surface area contributed by atoms with Gasteiger partial charge in [0, 0.05) is 24.3 Å². The van der Waals surface area contributed by atoms with Gasteiger partial charge in [-0.1, -0.05) is 17.7 Å². The molecule has 0 saturated heterocycles. The van der Waals surface area contributed by atoms with Crippen molar-refractivity contribution in [2.24, 2.45) is 0 Å². The van der Waals surface area contributed by atoms with Gasteiger partial charge >= 0.3 is 0 Å². The van der Waals surface area contributed by atoms with Crippen LogP contribution in [0.3, 0.4) is 0 Å². The maximum Gasteiger partial charge on any atom is 0.263 e. The number of hydrogen-bond donors (Lipinski definition) is 2. The maximum atomic E-state index is 13.5. The van der Waals surface area contributed by atoms with Gasteiger partial charge in [-0.05, 0) is 56.0 Å². The second-order valence-corrected chi connectivity index (χ2v) is 10.7. The number of halogens is 2. The van der Waals surface area contributed by atoms with Crippen LogP contribution in [0.15, 0.2) is 36.4 Å². The number of carbonyl (C=O) groups is 3. The molecule has 4 aliphatic rings. The number of rotatable bonds is 9. The fourth-order valence-electron chi connectivity index (χ4n) is 5.53. The highest BCUT2D eigenvalue weighted by atomic mass is 35.5. The molecule has 202 valence electrons. The van der Waals surface area contributed by atoms with Gasteiger partial charge in [-0.25, -0.2) is 4.39 Å². The van der Waals surface area contributed by atoms with Crippen molar-refractivity contribution in [3.8, 4) is 11.5 Å². The molecule has 3 amide bonds. The van der Waals surface area contributed by atoms with Gasteiger partial charge in [-0.3, -0.25) is 14.4 Å². The number of fused-ring (bicyclic) bond motifs is 1. The van der Waals surface area contributed by atoms with Crippen LogP contribution in [0.5, 0.6) is 11.5 Å². The Labute approximate surface area is 224 Å². The van der Waals surface area contributed by atoms with Crippen LogP contribution in [0.25, 0.3) is 0 Å². The largest absolute Gasteiger partial charge is 0.484 e. The van der Waals surface area contributed by atoms with E-state index in [1.807, 2.05) is 19.1 Å². The number of hydrogen-bond acceptors (Lipinski definition) is 6. The van der Waals surface area contributed by atoms with Gasteiger partial charge in [-0.2, -0.15) is 0 Å². The van der Waals surface area contributed by atoms with Crippen molar-refractivity contribution in [3.05, 3.63) is 52.8 Å². The third kappa shape index (κ3) is 5.15. The summed E-state index contributed by atoms with van der Waals surface area (Å²) in [7, 11) is 1.54. The topological polar surface area (TPSA) is 106 Å². The van der Waals surface area contributed by atoms with Gasteiger partial charge in [0.15, 0.2) is 12.7 Å². The molecule has 6 rings (SSSR count). The molecule has 0 spiro atoms. The van der Waals surface area contributed by atoms with Crippen molar-refractivity contribution in [1.29, 1.82) is 0 Å². The van der Waals surface area contributed by atoms with E-state index < -0.39 is 23.0 Å². The van der Waals surface area contributed by atoms with Gasteiger partial charge in [0.1, 0.15) is 17.3 Å². The quantitative estimate of drug-likeness (QED) is 0.502. The summed E-state index contributed by atoms with van der Waals surface area (Å²) < 4.78 is 29.9. The minimum Gasteiger partial charge on any atom is -0.484 e. The molecule has 2 aromatic rings. The maximum absolute atomic E-state index is 13.5. The lowest BCUT2D eigenvalue weighted by Gasteiger charge is -2.70. The molecule has 3 saturated carbocycles. The summed E-state index contributed by atoms with van der Waals surface area (Å²) in [6.45, 7) is 2.06. The first-order valence-corrected chi connectivity index (χ1v) is 12.8. The Bertz CT molecular complexity index is 1270. The molecule has 2 aromatic carbocycles. The molecular weight excluding hydrogens is 517 g/mol. The summed E-state index contributed by atoms with van der Waals surface area (Å²) in [6.07, 6.45) is 1.11. The van der Waals surface area contributed by atoms with E-state index in [1.165, 1.54) is 19.2 Å². The Balaban J connectivity index is 1.14. The van der Waals surface area contributed by atoms with Crippen molar-refractivity contribution in [3.63, 3.8) is 0 Å². The van der Waals surface area contributed by atoms with Crippen molar-refractivity contribution in [1.82, 2.24) is 10.6 Å². The first kappa shape index (κ1) is 26.2. The fraction of sp³-hybridized carbons (Fsp3) is 0.444. The zero-order valence-corrected chi connectivity index (χ0v) is 21.9. The highest BCUT2D eigenvalue weighted by Crippen LogP contribution is 2.60. The number of nitrogens with one attached hydrogen (secondary N) is 2. The summed E-state index contributed by atoms with van der Waals surface area (Å²) in [5, 5.41) is 6.02. The Morgan fingerprint density at radius 1 is 1.13 bits per heavy atom. The molecule has 2 N–H and O–H groups in total. The van der Waals surface area contributed by atoms with Crippen LogP contribution in [-0.4, -0.2) is 61.8 Å². The van der Waals surface area contributed by atoms with Crippen LogP contribution in [-0.2, 0) is 19.1 Å². The lowest BCUT2D eigenvalue weighted by atomic mass is 9.44. The van der Waals surface area contributed by atoms with E-state index in [-0.39, 0.29) is 54.7 Å². The number of benzene rings is 2. The molecule has 3 aliphatic carbocycles. The molecule has 3 fully saturated rings. The number of amides is 3. The molecule has 0 radical (unpaired) electrons. The average molecular weight is 546 g/mol. The van der Waals surface area contributed by atoms with E-state index in [0.717, 1.165) is 11.6 Å². The van der Waals surface area contributed by atoms with Gasteiger partial charge < -0.3 is 29.7 Å². The number of carbonyl (C=O) groups excluding carboxylic acids is 3. The van der Waals surface area contributed by atoms with E-state index in [4.69, 9.17) is 25.8 Å². The normalized spacial score (nSPS) is 24.7. The van der Waals surface area contributed by atoms with Gasteiger partial charge in [-0.15, -0.1) is 0 Å². The van der Waals surface area contributed by atoms with Gasteiger partial charge in [0.2, 0.25) is 5.91 Å². The third-order valence-electron chi connectivity index (χ3n) is 7.22. The first-order chi connectivity index (χ1) is 18.1. The number of ether oxygens (including phenoxy) is 3. The summed E-state index contributed by atoms with van der Waals surface area (Å²) >= 11 is 5.66. The lowest BCUT2D eigenvalue weighted by molar-refractivity contribution is -0.153. The van der Waals surface area contributed by atoms with Crippen molar-refractivity contribution in [2.45, 2.75) is 49.8 Å². The molecule has 1 aliphatic heterocycles. The first-order valence-electron chi connectivity index (χ1n) is 12.4. The van der Waals surface area contributed by atoms with Gasteiger partial charge in [0.05, 0.1) is 30.3 Å². The number of nitrogens with zero attached hydrogens (tertiary/aromatic N) is 1. The van der Waals surface area contributed by atoms with E-state index in [0.29, 0.717) is 30.7 Å². The zero-order chi connectivity index (χ0) is 27.1. The lowest BCUT2D eigenvalue weighted by Crippen LogP contribution is -2.84. The Hall–Kier alpha value is -3.37. The number of aryl methyl sites for hydroxylation is 1. The molecule has 9 nitrogen and oxygen atoms in total. The van der Waals surface area contributed by atoms with E-state index in [2.05, 4.69) is 10.6 Å². The zero-order valence-electron chi connectivity index (χ0n) is 21.1. The molecule has 38 heavy (non-hydrogen) atoms. The van der Waals surface area contributed by atoms with Crippen LogP contribution in [0.1, 0.15) is 31.2 Å². The van der Waals surface area contributed by atoms with Crippen LogP contribution >= 0.6 is 11.6 Å². The highest BCUT2D eigenvalue weighted by molar-refractivity contribution is 6.30. The van der Waals surface area contributed by atoms with Crippen molar-refractivity contribution >= 4 is 35.0 Å². The summed E-state index contributed by atoms with van der Waals surface area (Å²) in [5.41, 5.74) is 0.822. The van der Waals surface area contributed by atoms with Crippen LogP contribution in [0.2, 0.25) is 5.02 Å². The molecule has 1 atom stereocenters. The van der Waals surface area contributed by atoms with Crippen LogP contribution < -0.4 is 25.0 Å². The molecular formula is C27H29ClFN3O6. The standard InChI is InChI=1S/C27H29ClFN3O6/c1-16-3-6-21-20(9-16)32(24(34)7-8-36-2)11-22(38-21)25(35)31-27-13-26(14-27,15-27)30-23(33)12-37-17-4-5-18(28)19(29)10-17/h3-6,9-10,22H,7-8,11-15H2,1-2H3,(H,30,33)(H,31,35). The smallest absolute Gasteiger partial charge is 0.263 e. The molecule has 1 unspecified atom stereocenters. The van der Waals surface area contributed by atoms with E-state index >= 15 is 0 Å². The minimum absolute atomic E-state index is 0.0219. The SMILES string of the molecule is COCCC(=O)N1CC(C(=O)NC23CC(NC(=O)COc4ccc(Cl)c(F)c4)(C2)C3)Oc2ccc(C)cc21. The molecule has 1 heterocycles. The van der Waals surface area contributed by atoms with Crippen molar-refractivity contribution in [2.75, 3.05) is 31.8 Å². The van der Waals surface area contributed by atoms with Crippen molar-refractivity contribution < 1.29 is 33.0 Å². The molecule has 2 bridgehead atoms. The van der Waals surface area contributed by atoms with Crippen LogP contribution in [0.4, 0.5) is 10.1 Å². The fourth-order valence-corrected chi connectivity index (χ4v) is 5.65. The Kier molecular flexibility index (Phi) is 6.96. The predicted molar refractivity (Wildman–Crippen MR) is 137 cm³/mol. The van der Waals surface area contributed by atoms with E-state index in [9.17, 15) is 18.8 Å². The second kappa shape index (κ2) is 10.1. The van der Waals surface area contributed by atoms with Crippen LogP contribution in [0, 0.1) is 12.7 Å². The molecule has 0 aromatic heterocycles. The average Bonchev–Trinajstić information content (AvgIpc) is 2.85. The Morgan fingerprint density at radius 3 is 2.58 bits per heavy atom. The Morgan fingerprint density at radius 2 is 1.87 bits per heavy atom. The summed E-state index contributed by atoms with van der Waals surface area (Å²) in [6, 6.07) is 9.49. The predicted octanol–water partition coefficient (Wildman–Crippen LogP) is 2.90. The summed E-state index contributed by atoms with van der Waals surface area (Å²) in [4.78, 5) is 40.0.